The van der Waals surface area contributed by atoms with Gasteiger partial charge in [-0.25, -0.2) is 4.39 Å². The molecule has 2 aromatic rings. The van der Waals surface area contributed by atoms with Gasteiger partial charge in [0.1, 0.15) is 11.6 Å². The molecule has 84 valence electrons. The smallest absolute Gasteiger partial charge is 0.192 e. The molecular weight excluding hydrogens is 209 g/mol. The van der Waals surface area contributed by atoms with Gasteiger partial charge in [0, 0.05) is 12.3 Å². The van der Waals surface area contributed by atoms with Crippen molar-refractivity contribution in [3.8, 4) is 5.75 Å². The maximum Gasteiger partial charge on any atom is 0.192 e. The summed E-state index contributed by atoms with van der Waals surface area (Å²) in [6.07, 6.45) is 2.35. The van der Waals surface area contributed by atoms with Crippen molar-refractivity contribution in [2.45, 2.75) is 13.3 Å². The zero-order valence-corrected chi connectivity index (χ0v) is 8.92. The van der Waals surface area contributed by atoms with Gasteiger partial charge in [0.25, 0.3) is 0 Å². The van der Waals surface area contributed by atoms with Crippen LogP contribution in [0.1, 0.15) is 13.3 Å². The van der Waals surface area contributed by atoms with Gasteiger partial charge in [0.2, 0.25) is 0 Å². The molecule has 0 bridgehead atoms. The summed E-state index contributed by atoms with van der Waals surface area (Å²) in [5.41, 5.74) is 0.0779. The Morgan fingerprint density at radius 3 is 2.94 bits per heavy atom. The van der Waals surface area contributed by atoms with Crippen LogP contribution in [0.3, 0.4) is 0 Å². The predicted octanol–water partition coefficient (Wildman–Crippen LogP) is 2.46. The van der Waals surface area contributed by atoms with E-state index in [1.165, 1.54) is 24.4 Å². The largest absolute Gasteiger partial charge is 0.491 e. The average Bonchev–Trinajstić information content (AvgIpc) is 2.28. The van der Waals surface area contributed by atoms with Crippen molar-refractivity contribution in [2.75, 3.05) is 6.61 Å². The van der Waals surface area contributed by atoms with E-state index in [1.54, 1.807) is 0 Å². The van der Waals surface area contributed by atoms with Gasteiger partial charge >= 0.3 is 0 Å². The van der Waals surface area contributed by atoms with Gasteiger partial charge in [0.15, 0.2) is 5.43 Å². The first-order valence-corrected chi connectivity index (χ1v) is 5.16. The van der Waals surface area contributed by atoms with Gasteiger partial charge in [-0.1, -0.05) is 6.92 Å². The molecule has 0 saturated carbocycles. The second-order valence-corrected chi connectivity index (χ2v) is 3.49. The molecule has 2 rings (SSSR count). The second kappa shape index (κ2) is 4.35. The van der Waals surface area contributed by atoms with E-state index >= 15 is 0 Å². The highest BCUT2D eigenvalue weighted by atomic mass is 19.1. The lowest BCUT2D eigenvalue weighted by molar-refractivity contribution is 0.320. The Balaban J connectivity index is 2.65. The number of fused-ring (bicyclic) bond motifs is 1. The van der Waals surface area contributed by atoms with Crippen LogP contribution in [0.4, 0.5) is 4.39 Å². The zero-order chi connectivity index (χ0) is 11.5. The van der Waals surface area contributed by atoms with Gasteiger partial charge in [-0.15, -0.1) is 0 Å². The van der Waals surface area contributed by atoms with E-state index in [4.69, 9.17) is 4.74 Å². The fourth-order valence-electron chi connectivity index (χ4n) is 1.56. The van der Waals surface area contributed by atoms with Gasteiger partial charge in [-0.2, -0.15) is 0 Å². The monoisotopic (exact) mass is 221 g/mol. The third-order valence-corrected chi connectivity index (χ3v) is 2.29. The lowest BCUT2D eigenvalue weighted by Crippen LogP contribution is -2.05. The van der Waals surface area contributed by atoms with Crippen molar-refractivity contribution < 1.29 is 9.13 Å². The summed E-state index contributed by atoms with van der Waals surface area (Å²) in [7, 11) is 0. The molecule has 1 heterocycles. The molecule has 0 aliphatic carbocycles. The fourth-order valence-corrected chi connectivity index (χ4v) is 1.56. The normalized spacial score (nSPS) is 10.6. The van der Waals surface area contributed by atoms with E-state index in [1.807, 2.05) is 6.92 Å². The van der Waals surface area contributed by atoms with Crippen LogP contribution in [-0.2, 0) is 0 Å². The minimum Gasteiger partial charge on any atom is -0.491 e. The highest BCUT2D eigenvalue weighted by Gasteiger charge is 2.09. The lowest BCUT2D eigenvalue weighted by atomic mass is 10.2. The zero-order valence-electron chi connectivity index (χ0n) is 8.92. The Labute approximate surface area is 91.9 Å². The van der Waals surface area contributed by atoms with Crippen LogP contribution in [0.25, 0.3) is 10.9 Å². The molecular formula is C12H12FNO2. The number of pyridine rings is 1. The van der Waals surface area contributed by atoms with Crippen molar-refractivity contribution in [3.05, 3.63) is 40.4 Å². The molecule has 0 radical (unpaired) electrons. The third-order valence-electron chi connectivity index (χ3n) is 2.29. The molecule has 0 atom stereocenters. The van der Waals surface area contributed by atoms with Gasteiger partial charge in [0.05, 0.1) is 17.5 Å². The molecule has 1 aromatic carbocycles. The molecule has 0 unspecified atom stereocenters. The van der Waals surface area contributed by atoms with E-state index in [-0.39, 0.29) is 10.8 Å². The minimum atomic E-state index is -0.527. The Morgan fingerprint density at radius 1 is 1.38 bits per heavy atom. The molecule has 0 amide bonds. The molecule has 0 spiro atoms. The molecule has 0 aliphatic rings. The summed E-state index contributed by atoms with van der Waals surface area (Å²) in [6.45, 7) is 2.52. The fraction of sp³-hybridized carbons (Fsp3) is 0.250. The molecule has 16 heavy (non-hydrogen) atoms. The maximum atomic E-state index is 13.5. The van der Waals surface area contributed by atoms with Crippen molar-refractivity contribution >= 4 is 10.9 Å². The number of aromatic nitrogens is 1. The standard InChI is InChI=1S/C12H12FNO2/c1-2-7-16-10-4-3-8(13)11-9(15)5-6-14-12(10)11/h3-6H,2,7H2,1H3,(H,14,15). The van der Waals surface area contributed by atoms with Gasteiger partial charge in [-0.05, 0) is 18.6 Å². The number of aromatic amines is 1. The third kappa shape index (κ3) is 1.78. The maximum absolute atomic E-state index is 13.5. The number of rotatable bonds is 3. The molecule has 1 aromatic heterocycles. The minimum absolute atomic E-state index is 0.0519. The SMILES string of the molecule is CCCOc1ccc(F)c2c(=O)cc[nH]c12. The van der Waals surface area contributed by atoms with Crippen LogP contribution >= 0.6 is 0 Å². The first-order valence-electron chi connectivity index (χ1n) is 5.16. The molecule has 0 fully saturated rings. The lowest BCUT2D eigenvalue weighted by Gasteiger charge is -2.08. The molecule has 3 nitrogen and oxygen atoms in total. The number of benzene rings is 1. The highest BCUT2D eigenvalue weighted by Crippen LogP contribution is 2.23. The van der Waals surface area contributed by atoms with E-state index in [2.05, 4.69) is 4.98 Å². The van der Waals surface area contributed by atoms with E-state index in [9.17, 15) is 9.18 Å². The van der Waals surface area contributed by atoms with Crippen LogP contribution in [0, 0.1) is 5.82 Å². The number of nitrogens with one attached hydrogen (secondary N) is 1. The Bertz CT molecular complexity index is 562. The second-order valence-electron chi connectivity index (χ2n) is 3.49. The topological polar surface area (TPSA) is 42.1 Å². The predicted molar refractivity (Wildman–Crippen MR) is 60.3 cm³/mol. The summed E-state index contributed by atoms with van der Waals surface area (Å²) in [5.74, 6) is -0.0170. The van der Waals surface area contributed by atoms with Gasteiger partial charge in [-0.3, -0.25) is 4.79 Å². The molecule has 1 N–H and O–H groups in total. The molecule has 0 saturated heterocycles. The van der Waals surface area contributed by atoms with Crippen molar-refractivity contribution in [1.29, 1.82) is 0 Å². The summed E-state index contributed by atoms with van der Waals surface area (Å²) < 4.78 is 18.9. The summed E-state index contributed by atoms with van der Waals surface area (Å²) >= 11 is 0. The van der Waals surface area contributed by atoms with E-state index in [0.717, 1.165) is 6.42 Å². The van der Waals surface area contributed by atoms with Crippen molar-refractivity contribution in [3.63, 3.8) is 0 Å². The Hall–Kier alpha value is -1.84. The van der Waals surface area contributed by atoms with Crippen molar-refractivity contribution in [1.82, 2.24) is 4.98 Å². The number of hydrogen-bond donors (Lipinski definition) is 1. The summed E-state index contributed by atoms with van der Waals surface area (Å²) in [4.78, 5) is 14.4. The highest BCUT2D eigenvalue weighted by molar-refractivity contribution is 5.84. The summed E-state index contributed by atoms with van der Waals surface area (Å²) in [5, 5.41) is 0.0519. The number of ether oxygens (including phenoxy) is 1. The summed E-state index contributed by atoms with van der Waals surface area (Å²) in [6, 6.07) is 4.08. The van der Waals surface area contributed by atoms with Crippen molar-refractivity contribution in [2.24, 2.45) is 0 Å². The van der Waals surface area contributed by atoms with Crippen LogP contribution in [0.5, 0.6) is 5.75 Å². The van der Waals surface area contributed by atoms with Crippen LogP contribution in [-0.4, -0.2) is 11.6 Å². The molecule has 0 aliphatic heterocycles. The van der Waals surface area contributed by atoms with Gasteiger partial charge < -0.3 is 9.72 Å². The first-order chi connectivity index (χ1) is 7.74. The Morgan fingerprint density at radius 2 is 2.19 bits per heavy atom. The number of halogens is 1. The van der Waals surface area contributed by atoms with Crippen LogP contribution in [0.15, 0.2) is 29.2 Å². The quantitative estimate of drug-likeness (QED) is 0.865. The first kappa shape index (κ1) is 10.7. The number of hydrogen-bond acceptors (Lipinski definition) is 2. The Kier molecular flexibility index (Phi) is 2.90. The average molecular weight is 221 g/mol. The van der Waals surface area contributed by atoms with Crippen LogP contribution in [0.2, 0.25) is 0 Å². The van der Waals surface area contributed by atoms with E-state index in [0.29, 0.717) is 17.9 Å². The van der Waals surface area contributed by atoms with E-state index < -0.39 is 5.82 Å². The number of H-pyrrole nitrogens is 1. The molecule has 4 heteroatoms. The van der Waals surface area contributed by atoms with Crippen LogP contribution < -0.4 is 10.2 Å².